The Hall–Kier alpha value is -1.46. The standard InChI is InChI=1S/C15H24N2O3.ClH/c1-4-7-16-8-9-17-15(18)11-12-5-6-13(19-2)14(10-12)20-3;/h5-6,10,16H,4,7-9,11H2,1-3H3,(H,17,18);1H. The van der Waals surface area contributed by atoms with Crippen LogP contribution in [0.1, 0.15) is 18.9 Å². The molecule has 2 N–H and O–H groups in total. The van der Waals surface area contributed by atoms with Gasteiger partial charge in [0.2, 0.25) is 5.91 Å². The lowest BCUT2D eigenvalue weighted by Crippen LogP contribution is -2.32. The van der Waals surface area contributed by atoms with Gasteiger partial charge in [0.1, 0.15) is 0 Å². The van der Waals surface area contributed by atoms with E-state index in [0.29, 0.717) is 24.5 Å². The van der Waals surface area contributed by atoms with Crippen molar-refractivity contribution < 1.29 is 14.3 Å². The molecule has 0 aromatic heterocycles. The number of rotatable bonds is 9. The third-order valence-corrected chi connectivity index (χ3v) is 2.86. The Morgan fingerprint density at radius 2 is 1.81 bits per heavy atom. The normalized spacial score (nSPS) is 9.67. The van der Waals surface area contributed by atoms with Gasteiger partial charge in [0.25, 0.3) is 0 Å². The van der Waals surface area contributed by atoms with Crippen LogP contribution in [0.15, 0.2) is 18.2 Å². The van der Waals surface area contributed by atoms with Crippen LogP contribution in [0.25, 0.3) is 0 Å². The van der Waals surface area contributed by atoms with Crippen molar-refractivity contribution in [1.29, 1.82) is 0 Å². The fourth-order valence-corrected chi connectivity index (χ4v) is 1.83. The summed E-state index contributed by atoms with van der Waals surface area (Å²) in [5.74, 6) is 1.32. The molecule has 120 valence electrons. The first-order chi connectivity index (χ1) is 9.71. The SMILES string of the molecule is CCCNCCNC(=O)Cc1ccc(OC)c(OC)c1.Cl. The van der Waals surface area contributed by atoms with E-state index < -0.39 is 0 Å². The Kier molecular flexibility index (Phi) is 10.4. The summed E-state index contributed by atoms with van der Waals surface area (Å²) in [5, 5.41) is 6.12. The molecule has 0 fully saturated rings. The fraction of sp³-hybridized carbons (Fsp3) is 0.533. The molecule has 0 aliphatic carbocycles. The molecule has 1 amide bonds. The smallest absolute Gasteiger partial charge is 0.224 e. The van der Waals surface area contributed by atoms with Crippen molar-refractivity contribution in [3.05, 3.63) is 23.8 Å². The van der Waals surface area contributed by atoms with Crippen LogP contribution in [0.2, 0.25) is 0 Å². The van der Waals surface area contributed by atoms with E-state index in [1.54, 1.807) is 14.2 Å². The lowest BCUT2D eigenvalue weighted by molar-refractivity contribution is -0.120. The molecule has 6 heteroatoms. The molecule has 0 aliphatic heterocycles. The van der Waals surface area contributed by atoms with Crippen molar-refractivity contribution in [2.45, 2.75) is 19.8 Å². The summed E-state index contributed by atoms with van der Waals surface area (Å²) in [7, 11) is 3.18. The fourth-order valence-electron chi connectivity index (χ4n) is 1.83. The largest absolute Gasteiger partial charge is 0.493 e. The molecule has 1 aromatic rings. The number of methoxy groups -OCH3 is 2. The van der Waals surface area contributed by atoms with Crippen molar-refractivity contribution in [2.75, 3.05) is 33.9 Å². The molecule has 0 saturated heterocycles. The molecular weight excluding hydrogens is 292 g/mol. The molecular formula is C15H25ClN2O3. The Morgan fingerprint density at radius 3 is 2.43 bits per heavy atom. The molecule has 0 unspecified atom stereocenters. The Bertz CT molecular complexity index is 427. The summed E-state index contributed by atoms with van der Waals surface area (Å²) in [6.07, 6.45) is 1.44. The molecule has 0 atom stereocenters. The van der Waals surface area contributed by atoms with Gasteiger partial charge in [-0.1, -0.05) is 13.0 Å². The highest BCUT2D eigenvalue weighted by Gasteiger charge is 2.07. The number of ether oxygens (including phenoxy) is 2. The van der Waals surface area contributed by atoms with E-state index in [4.69, 9.17) is 9.47 Å². The van der Waals surface area contributed by atoms with Gasteiger partial charge in [0.05, 0.1) is 20.6 Å². The zero-order valence-electron chi connectivity index (χ0n) is 12.9. The van der Waals surface area contributed by atoms with Gasteiger partial charge in [-0.25, -0.2) is 0 Å². The van der Waals surface area contributed by atoms with Gasteiger partial charge in [0.15, 0.2) is 11.5 Å². The lowest BCUT2D eigenvalue weighted by atomic mass is 10.1. The average molecular weight is 317 g/mol. The highest BCUT2D eigenvalue weighted by Crippen LogP contribution is 2.27. The van der Waals surface area contributed by atoms with Crippen LogP contribution in [-0.4, -0.2) is 39.8 Å². The highest BCUT2D eigenvalue weighted by molar-refractivity contribution is 5.85. The molecule has 21 heavy (non-hydrogen) atoms. The first-order valence-electron chi connectivity index (χ1n) is 6.89. The summed E-state index contributed by atoms with van der Waals surface area (Å²) >= 11 is 0. The second-order valence-electron chi connectivity index (χ2n) is 4.47. The minimum absolute atomic E-state index is 0. The molecule has 0 spiro atoms. The summed E-state index contributed by atoms with van der Waals surface area (Å²) < 4.78 is 10.4. The van der Waals surface area contributed by atoms with Crippen molar-refractivity contribution in [2.24, 2.45) is 0 Å². The molecule has 0 saturated carbocycles. The number of halogens is 1. The van der Waals surface area contributed by atoms with Crippen LogP contribution < -0.4 is 20.1 Å². The maximum atomic E-state index is 11.8. The molecule has 1 rings (SSSR count). The van der Waals surface area contributed by atoms with Gasteiger partial charge in [-0.2, -0.15) is 0 Å². The van der Waals surface area contributed by atoms with Gasteiger partial charge in [-0.15, -0.1) is 12.4 Å². The highest BCUT2D eigenvalue weighted by atomic mass is 35.5. The van der Waals surface area contributed by atoms with Crippen LogP contribution in [0, 0.1) is 0 Å². The van der Waals surface area contributed by atoms with Gasteiger partial charge < -0.3 is 20.1 Å². The number of benzene rings is 1. The molecule has 0 aliphatic rings. The predicted molar refractivity (Wildman–Crippen MR) is 86.7 cm³/mol. The maximum absolute atomic E-state index is 11.8. The van der Waals surface area contributed by atoms with E-state index >= 15 is 0 Å². The number of carbonyl (C=O) groups excluding carboxylic acids is 1. The number of hydrogen-bond donors (Lipinski definition) is 2. The zero-order chi connectivity index (χ0) is 14.8. The van der Waals surface area contributed by atoms with E-state index in [0.717, 1.165) is 25.1 Å². The third kappa shape index (κ3) is 7.20. The Morgan fingerprint density at radius 1 is 1.10 bits per heavy atom. The van der Waals surface area contributed by atoms with Gasteiger partial charge in [0, 0.05) is 13.1 Å². The lowest BCUT2D eigenvalue weighted by Gasteiger charge is -2.10. The minimum atomic E-state index is 0. The maximum Gasteiger partial charge on any atom is 0.224 e. The first kappa shape index (κ1) is 19.5. The van der Waals surface area contributed by atoms with Crippen molar-refractivity contribution in [3.8, 4) is 11.5 Å². The number of hydrogen-bond acceptors (Lipinski definition) is 4. The van der Waals surface area contributed by atoms with Crippen LogP contribution in [0.5, 0.6) is 11.5 Å². The van der Waals surface area contributed by atoms with Gasteiger partial charge in [-0.3, -0.25) is 4.79 Å². The topological polar surface area (TPSA) is 59.6 Å². The molecule has 0 radical (unpaired) electrons. The second kappa shape index (κ2) is 11.2. The Balaban J connectivity index is 0.00000400. The second-order valence-corrected chi connectivity index (χ2v) is 4.47. The summed E-state index contributed by atoms with van der Waals surface area (Å²) in [5.41, 5.74) is 0.904. The molecule has 0 bridgehead atoms. The van der Waals surface area contributed by atoms with Crippen LogP contribution in [-0.2, 0) is 11.2 Å². The van der Waals surface area contributed by atoms with Crippen LogP contribution in [0.3, 0.4) is 0 Å². The van der Waals surface area contributed by atoms with E-state index in [-0.39, 0.29) is 18.3 Å². The summed E-state index contributed by atoms with van der Waals surface area (Å²) in [6.45, 7) is 4.53. The number of carbonyl (C=O) groups is 1. The molecule has 0 heterocycles. The van der Waals surface area contributed by atoms with Crippen molar-refractivity contribution in [3.63, 3.8) is 0 Å². The Labute approximate surface area is 132 Å². The zero-order valence-corrected chi connectivity index (χ0v) is 13.7. The van der Waals surface area contributed by atoms with Crippen molar-refractivity contribution in [1.82, 2.24) is 10.6 Å². The third-order valence-electron chi connectivity index (χ3n) is 2.86. The van der Waals surface area contributed by atoms with Crippen molar-refractivity contribution >= 4 is 18.3 Å². The number of amides is 1. The predicted octanol–water partition coefficient (Wildman–Crippen LogP) is 1.78. The monoisotopic (exact) mass is 316 g/mol. The molecule has 5 nitrogen and oxygen atoms in total. The van der Waals surface area contributed by atoms with Gasteiger partial charge >= 0.3 is 0 Å². The first-order valence-corrected chi connectivity index (χ1v) is 6.89. The summed E-state index contributed by atoms with van der Waals surface area (Å²) in [6, 6.07) is 5.51. The molecule has 1 aromatic carbocycles. The summed E-state index contributed by atoms with van der Waals surface area (Å²) in [4.78, 5) is 11.8. The van der Waals surface area contributed by atoms with E-state index in [2.05, 4.69) is 17.6 Å². The van der Waals surface area contributed by atoms with Crippen LogP contribution >= 0.6 is 12.4 Å². The van der Waals surface area contributed by atoms with E-state index in [1.165, 1.54) is 0 Å². The minimum Gasteiger partial charge on any atom is -0.493 e. The quantitative estimate of drug-likeness (QED) is 0.682. The van der Waals surface area contributed by atoms with E-state index in [1.807, 2.05) is 18.2 Å². The van der Waals surface area contributed by atoms with Crippen LogP contribution in [0.4, 0.5) is 0 Å². The van der Waals surface area contributed by atoms with E-state index in [9.17, 15) is 4.79 Å². The number of nitrogens with one attached hydrogen (secondary N) is 2. The van der Waals surface area contributed by atoms with Gasteiger partial charge in [-0.05, 0) is 30.7 Å². The average Bonchev–Trinajstić information content (AvgIpc) is 2.46.